The van der Waals surface area contributed by atoms with Crippen molar-refractivity contribution in [2.75, 3.05) is 6.54 Å². The average molecular weight is 387 g/mol. The van der Waals surface area contributed by atoms with Crippen LogP contribution in [-0.2, 0) is 11.3 Å². The molecule has 0 bridgehead atoms. The van der Waals surface area contributed by atoms with Crippen LogP contribution in [0.25, 0.3) is 0 Å². The lowest BCUT2D eigenvalue weighted by atomic mass is 9.87. The first-order chi connectivity index (χ1) is 14.2. The van der Waals surface area contributed by atoms with Gasteiger partial charge in [0.25, 0.3) is 5.56 Å². The highest BCUT2D eigenvalue weighted by Crippen LogP contribution is 2.43. The number of hydrogen-bond donors (Lipinski definition) is 1. The van der Waals surface area contributed by atoms with Gasteiger partial charge in [0.05, 0.1) is 17.9 Å². The molecular weight excluding hydrogens is 366 g/mol. The predicted molar refractivity (Wildman–Crippen MR) is 108 cm³/mol. The van der Waals surface area contributed by atoms with Crippen LogP contribution < -0.4 is 15.6 Å². The Morgan fingerprint density at radius 3 is 2.34 bits per heavy atom. The Balaban J connectivity index is 1.32. The number of nitrogens with zero attached hydrogens (tertiary/aromatic N) is 2. The highest BCUT2D eigenvalue weighted by atomic mass is 16.5. The summed E-state index contributed by atoms with van der Waals surface area (Å²) < 4.78 is 7.49. The maximum absolute atomic E-state index is 13.1. The third-order valence-electron chi connectivity index (χ3n) is 5.49. The first kappa shape index (κ1) is 17.7. The molecule has 0 unspecified atom stereocenters. The van der Waals surface area contributed by atoms with E-state index in [9.17, 15) is 9.59 Å². The first-order valence-corrected chi connectivity index (χ1v) is 9.90. The highest BCUT2D eigenvalue weighted by Gasteiger charge is 2.32. The summed E-state index contributed by atoms with van der Waals surface area (Å²) in [5.41, 5.74) is 2.50. The van der Waals surface area contributed by atoms with E-state index in [0.717, 1.165) is 29.7 Å². The zero-order valence-electron chi connectivity index (χ0n) is 15.9. The standard InChI is InChI=1S/C23H21N3O3/c27-21-13-18(15-9-10-15)25-14-26(21)12-11-24-23(28)22-16-5-1-3-7-19(16)29-20-8-4-2-6-17(20)22/h1-8,13-15,22H,9-12H2,(H,24,28). The van der Waals surface area contributed by atoms with Gasteiger partial charge in [0.2, 0.25) is 5.91 Å². The number of aromatic nitrogens is 2. The molecule has 29 heavy (non-hydrogen) atoms. The van der Waals surface area contributed by atoms with E-state index < -0.39 is 5.92 Å². The molecule has 3 aromatic rings. The van der Waals surface area contributed by atoms with Crippen molar-refractivity contribution < 1.29 is 9.53 Å². The minimum absolute atomic E-state index is 0.0714. The molecule has 0 spiro atoms. The molecular formula is C23H21N3O3. The molecule has 0 atom stereocenters. The third kappa shape index (κ3) is 3.42. The van der Waals surface area contributed by atoms with Gasteiger partial charge < -0.3 is 10.1 Å². The van der Waals surface area contributed by atoms with Crippen LogP contribution in [0.5, 0.6) is 11.5 Å². The smallest absolute Gasteiger partial charge is 0.253 e. The van der Waals surface area contributed by atoms with Crippen LogP contribution in [0.3, 0.4) is 0 Å². The second-order valence-corrected chi connectivity index (χ2v) is 7.52. The van der Waals surface area contributed by atoms with Crippen LogP contribution in [0.15, 0.2) is 65.7 Å². The molecule has 1 N–H and O–H groups in total. The Hall–Kier alpha value is -3.41. The normalized spacial score (nSPS) is 15.2. The maximum atomic E-state index is 13.1. The SMILES string of the molecule is O=C(NCCn1cnc(C2CC2)cc1=O)C1c2ccccc2Oc2ccccc21. The van der Waals surface area contributed by atoms with Crippen LogP contribution in [0.2, 0.25) is 0 Å². The Bertz CT molecular complexity index is 1090. The minimum atomic E-state index is -0.441. The summed E-state index contributed by atoms with van der Waals surface area (Å²) in [4.78, 5) is 29.7. The van der Waals surface area contributed by atoms with E-state index in [1.54, 1.807) is 12.4 Å². The number of para-hydroxylation sites is 2. The molecule has 6 heteroatoms. The number of fused-ring (bicyclic) bond motifs is 2. The Labute approximate surface area is 168 Å². The molecule has 1 aromatic heterocycles. The van der Waals surface area contributed by atoms with E-state index in [4.69, 9.17) is 4.74 Å². The Kier molecular flexibility index (Phi) is 4.39. The molecule has 1 aliphatic carbocycles. The van der Waals surface area contributed by atoms with Crippen molar-refractivity contribution in [3.05, 3.63) is 88.1 Å². The van der Waals surface area contributed by atoms with E-state index >= 15 is 0 Å². The van der Waals surface area contributed by atoms with E-state index in [-0.39, 0.29) is 11.5 Å². The van der Waals surface area contributed by atoms with Crippen LogP contribution in [0, 0.1) is 0 Å². The number of ether oxygens (including phenoxy) is 1. The third-order valence-corrected chi connectivity index (χ3v) is 5.49. The van der Waals surface area contributed by atoms with Gasteiger partial charge in [0.15, 0.2) is 0 Å². The highest BCUT2D eigenvalue weighted by molar-refractivity contribution is 5.89. The van der Waals surface area contributed by atoms with Crippen LogP contribution in [-0.4, -0.2) is 22.0 Å². The molecule has 1 aliphatic heterocycles. The van der Waals surface area contributed by atoms with Crippen molar-refractivity contribution in [1.29, 1.82) is 0 Å². The summed E-state index contributed by atoms with van der Waals surface area (Å²) in [6.07, 6.45) is 3.81. The lowest BCUT2D eigenvalue weighted by Gasteiger charge is -2.27. The van der Waals surface area contributed by atoms with Gasteiger partial charge in [-0.25, -0.2) is 4.98 Å². The molecule has 2 aromatic carbocycles. The van der Waals surface area contributed by atoms with E-state index in [1.165, 1.54) is 4.57 Å². The number of benzene rings is 2. The van der Waals surface area contributed by atoms with Crippen molar-refractivity contribution in [2.45, 2.75) is 31.2 Å². The number of hydrogen-bond acceptors (Lipinski definition) is 4. The predicted octanol–water partition coefficient (Wildman–Crippen LogP) is 3.17. The van der Waals surface area contributed by atoms with Crippen molar-refractivity contribution in [3.63, 3.8) is 0 Å². The van der Waals surface area contributed by atoms with Gasteiger partial charge in [-0.1, -0.05) is 36.4 Å². The van der Waals surface area contributed by atoms with Crippen molar-refractivity contribution in [1.82, 2.24) is 14.9 Å². The average Bonchev–Trinajstić information content (AvgIpc) is 3.58. The second-order valence-electron chi connectivity index (χ2n) is 7.52. The van der Waals surface area contributed by atoms with Gasteiger partial charge in [-0.15, -0.1) is 0 Å². The largest absolute Gasteiger partial charge is 0.457 e. The van der Waals surface area contributed by atoms with Gasteiger partial charge >= 0.3 is 0 Å². The van der Waals surface area contributed by atoms with Crippen LogP contribution >= 0.6 is 0 Å². The lowest BCUT2D eigenvalue weighted by molar-refractivity contribution is -0.121. The molecule has 146 valence electrons. The summed E-state index contributed by atoms with van der Waals surface area (Å²) in [5, 5.41) is 2.98. The van der Waals surface area contributed by atoms with Crippen molar-refractivity contribution in [2.24, 2.45) is 0 Å². The number of rotatable bonds is 5. The van der Waals surface area contributed by atoms with Crippen molar-refractivity contribution in [3.8, 4) is 11.5 Å². The summed E-state index contributed by atoms with van der Waals surface area (Å²) >= 11 is 0. The van der Waals surface area contributed by atoms with E-state index in [2.05, 4.69) is 10.3 Å². The molecule has 5 rings (SSSR count). The van der Waals surface area contributed by atoms with Crippen molar-refractivity contribution >= 4 is 5.91 Å². The van der Waals surface area contributed by atoms with Gasteiger partial charge in [0, 0.05) is 36.2 Å². The molecule has 1 amide bonds. The van der Waals surface area contributed by atoms with Gasteiger partial charge in [-0.3, -0.25) is 14.2 Å². The zero-order chi connectivity index (χ0) is 19.8. The van der Waals surface area contributed by atoms with Crippen LogP contribution in [0.1, 0.15) is 41.5 Å². The van der Waals surface area contributed by atoms with Crippen LogP contribution in [0.4, 0.5) is 0 Å². The number of carbonyl (C=O) groups is 1. The molecule has 1 saturated carbocycles. The Morgan fingerprint density at radius 1 is 1.07 bits per heavy atom. The van der Waals surface area contributed by atoms with Gasteiger partial charge in [-0.05, 0) is 25.0 Å². The molecule has 2 aliphatic rings. The van der Waals surface area contributed by atoms with Gasteiger partial charge in [-0.2, -0.15) is 0 Å². The molecule has 6 nitrogen and oxygen atoms in total. The summed E-state index contributed by atoms with van der Waals surface area (Å²) in [5.74, 6) is 1.29. The number of amides is 1. The minimum Gasteiger partial charge on any atom is -0.457 e. The first-order valence-electron chi connectivity index (χ1n) is 9.90. The molecule has 1 fully saturated rings. The molecule has 2 heterocycles. The molecule has 0 saturated heterocycles. The number of carbonyl (C=O) groups excluding carboxylic acids is 1. The zero-order valence-corrected chi connectivity index (χ0v) is 15.9. The summed E-state index contributed by atoms with van der Waals surface area (Å²) in [6, 6.07) is 16.8. The van der Waals surface area contributed by atoms with E-state index in [1.807, 2.05) is 48.5 Å². The fraction of sp³-hybridized carbons (Fsp3) is 0.261. The maximum Gasteiger partial charge on any atom is 0.253 e. The quantitative estimate of drug-likeness (QED) is 0.730. The Morgan fingerprint density at radius 2 is 1.72 bits per heavy atom. The topological polar surface area (TPSA) is 73.2 Å². The second kappa shape index (κ2) is 7.20. The lowest BCUT2D eigenvalue weighted by Crippen LogP contribution is -2.35. The van der Waals surface area contributed by atoms with Gasteiger partial charge in [0.1, 0.15) is 11.5 Å². The summed E-state index contributed by atoms with van der Waals surface area (Å²) in [6.45, 7) is 0.736. The molecule has 0 radical (unpaired) electrons. The fourth-order valence-corrected chi connectivity index (χ4v) is 3.80. The number of nitrogens with one attached hydrogen (secondary N) is 1. The van der Waals surface area contributed by atoms with E-state index in [0.29, 0.717) is 30.5 Å². The fourth-order valence-electron chi connectivity index (χ4n) is 3.80. The monoisotopic (exact) mass is 387 g/mol. The summed E-state index contributed by atoms with van der Waals surface area (Å²) in [7, 11) is 0.